The summed E-state index contributed by atoms with van der Waals surface area (Å²) in [5.41, 5.74) is 2.59. The quantitative estimate of drug-likeness (QED) is 0.762. The van der Waals surface area contributed by atoms with Crippen LogP contribution in [0.1, 0.15) is 61.0 Å². The third-order valence-corrected chi connectivity index (χ3v) is 5.64. The number of nitrogens with one attached hydrogen (secondary N) is 2. The average molecular weight is 372 g/mol. The molecule has 1 amide bonds. The highest BCUT2D eigenvalue weighted by molar-refractivity contribution is 7.71. The first-order chi connectivity index (χ1) is 12.7. The number of hydrogen-bond donors (Lipinski definition) is 2. The molecule has 7 heteroatoms. The smallest absolute Gasteiger partial charge is 0.220 e. The summed E-state index contributed by atoms with van der Waals surface area (Å²) in [4.78, 5) is 12.5. The molecule has 1 aromatic carbocycles. The van der Waals surface area contributed by atoms with Crippen LogP contribution in [0.15, 0.2) is 18.2 Å². The summed E-state index contributed by atoms with van der Waals surface area (Å²) in [5, 5.41) is 10.1. The molecule has 2 aromatic rings. The van der Waals surface area contributed by atoms with E-state index in [1.54, 1.807) is 7.11 Å². The lowest BCUT2D eigenvalue weighted by molar-refractivity contribution is -0.121. The van der Waals surface area contributed by atoms with Crippen molar-refractivity contribution in [2.24, 2.45) is 0 Å². The van der Waals surface area contributed by atoms with Crippen molar-refractivity contribution in [2.75, 3.05) is 7.11 Å². The van der Waals surface area contributed by atoms with Gasteiger partial charge in [-0.3, -0.25) is 14.5 Å². The minimum absolute atomic E-state index is 0.0648. The van der Waals surface area contributed by atoms with Crippen molar-refractivity contribution in [1.29, 1.82) is 0 Å². The van der Waals surface area contributed by atoms with Gasteiger partial charge in [0.25, 0.3) is 0 Å². The Morgan fingerprint density at radius 1 is 1.42 bits per heavy atom. The van der Waals surface area contributed by atoms with Crippen LogP contribution in [0, 0.1) is 4.77 Å². The third kappa shape index (κ3) is 3.53. The first-order valence-electron chi connectivity index (χ1n) is 9.25. The van der Waals surface area contributed by atoms with Crippen molar-refractivity contribution in [3.63, 3.8) is 0 Å². The molecule has 0 spiro atoms. The van der Waals surface area contributed by atoms with E-state index in [2.05, 4.69) is 27.6 Å². The lowest BCUT2D eigenvalue weighted by Gasteiger charge is -2.25. The molecule has 0 radical (unpaired) electrons. The van der Waals surface area contributed by atoms with Crippen molar-refractivity contribution >= 4 is 18.1 Å². The fourth-order valence-corrected chi connectivity index (χ4v) is 4.18. The highest BCUT2D eigenvalue weighted by Gasteiger charge is 2.27. The zero-order valence-corrected chi connectivity index (χ0v) is 15.8. The SMILES string of the molecule is COc1ccc2c(c1)CCC[C@@H]2CC(=O)NCc1n[nH]c(=S)n1C1CC1. The van der Waals surface area contributed by atoms with E-state index in [1.165, 1.54) is 11.1 Å². The highest BCUT2D eigenvalue weighted by atomic mass is 32.1. The monoisotopic (exact) mass is 372 g/mol. The maximum Gasteiger partial charge on any atom is 0.220 e. The molecule has 4 rings (SSSR count). The van der Waals surface area contributed by atoms with Gasteiger partial charge in [0.2, 0.25) is 5.91 Å². The minimum Gasteiger partial charge on any atom is -0.497 e. The second-order valence-corrected chi connectivity index (χ2v) is 7.57. The van der Waals surface area contributed by atoms with Gasteiger partial charge in [-0.1, -0.05) is 6.07 Å². The van der Waals surface area contributed by atoms with Crippen LogP contribution in [0.3, 0.4) is 0 Å². The number of rotatable bonds is 6. The summed E-state index contributed by atoms with van der Waals surface area (Å²) in [7, 11) is 1.69. The van der Waals surface area contributed by atoms with Crippen LogP contribution in [0.5, 0.6) is 5.75 Å². The number of nitrogens with zero attached hydrogens (tertiary/aromatic N) is 2. The summed E-state index contributed by atoms with van der Waals surface area (Å²) in [6, 6.07) is 6.66. The lowest BCUT2D eigenvalue weighted by atomic mass is 9.81. The van der Waals surface area contributed by atoms with Gasteiger partial charge in [0.1, 0.15) is 5.75 Å². The Morgan fingerprint density at radius 3 is 3.04 bits per heavy atom. The van der Waals surface area contributed by atoms with Gasteiger partial charge in [0.15, 0.2) is 10.6 Å². The molecule has 2 aliphatic carbocycles. The molecule has 1 fully saturated rings. The molecule has 0 unspecified atom stereocenters. The van der Waals surface area contributed by atoms with Gasteiger partial charge in [-0.15, -0.1) is 0 Å². The number of aromatic nitrogens is 3. The van der Waals surface area contributed by atoms with Gasteiger partial charge in [-0.2, -0.15) is 5.10 Å². The predicted molar refractivity (Wildman–Crippen MR) is 101 cm³/mol. The number of benzene rings is 1. The first-order valence-corrected chi connectivity index (χ1v) is 9.66. The number of carbonyl (C=O) groups excluding carboxylic acids is 1. The van der Waals surface area contributed by atoms with E-state index in [0.29, 0.717) is 23.8 Å². The maximum atomic E-state index is 12.5. The van der Waals surface area contributed by atoms with Gasteiger partial charge in [-0.25, -0.2) is 0 Å². The number of methoxy groups -OCH3 is 1. The summed E-state index contributed by atoms with van der Waals surface area (Å²) >= 11 is 5.29. The van der Waals surface area contributed by atoms with E-state index in [-0.39, 0.29) is 11.8 Å². The second kappa shape index (κ2) is 7.23. The molecule has 0 bridgehead atoms. The van der Waals surface area contributed by atoms with E-state index >= 15 is 0 Å². The minimum atomic E-state index is 0.0648. The zero-order chi connectivity index (χ0) is 18.1. The van der Waals surface area contributed by atoms with Crippen molar-refractivity contribution in [1.82, 2.24) is 20.1 Å². The average Bonchev–Trinajstić information content (AvgIpc) is 3.42. The molecule has 0 saturated heterocycles. The number of aryl methyl sites for hydroxylation is 1. The Kier molecular flexibility index (Phi) is 4.80. The van der Waals surface area contributed by atoms with Crippen LogP contribution >= 0.6 is 12.2 Å². The molecule has 6 nitrogen and oxygen atoms in total. The van der Waals surface area contributed by atoms with Crippen LogP contribution in [0.2, 0.25) is 0 Å². The Balaban J connectivity index is 1.39. The second-order valence-electron chi connectivity index (χ2n) is 7.18. The fourth-order valence-electron chi connectivity index (χ4n) is 3.88. The Labute approximate surface area is 158 Å². The number of ether oxygens (including phenoxy) is 1. The first kappa shape index (κ1) is 17.3. The Bertz CT molecular complexity index is 869. The summed E-state index contributed by atoms with van der Waals surface area (Å²) < 4.78 is 8.01. The normalized spacial score (nSPS) is 19.0. The lowest BCUT2D eigenvalue weighted by Crippen LogP contribution is -2.27. The van der Waals surface area contributed by atoms with Crippen LogP contribution in [-0.4, -0.2) is 27.8 Å². The predicted octanol–water partition coefficient (Wildman–Crippen LogP) is 3.41. The summed E-state index contributed by atoms with van der Waals surface area (Å²) in [6.07, 6.45) is 6.00. The maximum absolute atomic E-state index is 12.5. The van der Waals surface area contributed by atoms with E-state index in [9.17, 15) is 4.79 Å². The van der Waals surface area contributed by atoms with E-state index in [0.717, 1.165) is 43.7 Å². The molecule has 1 heterocycles. The summed E-state index contributed by atoms with van der Waals surface area (Å²) in [5.74, 6) is 2.04. The van der Waals surface area contributed by atoms with Crippen LogP contribution in [0.25, 0.3) is 0 Å². The molecule has 26 heavy (non-hydrogen) atoms. The summed E-state index contributed by atoms with van der Waals surface area (Å²) in [6.45, 7) is 0.421. The molecule has 1 atom stereocenters. The molecule has 1 saturated carbocycles. The van der Waals surface area contributed by atoms with Crippen molar-refractivity contribution in [3.05, 3.63) is 39.9 Å². The van der Waals surface area contributed by atoms with E-state index in [1.807, 2.05) is 10.6 Å². The largest absolute Gasteiger partial charge is 0.497 e. The molecule has 2 aliphatic rings. The van der Waals surface area contributed by atoms with E-state index in [4.69, 9.17) is 17.0 Å². The van der Waals surface area contributed by atoms with Crippen LogP contribution in [0.4, 0.5) is 0 Å². The third-order valence-electron chi connectivity index (χ3n) is 5.35. The highest BCUT2D eigenvalue weighted by Crippen LogP contribution is 2.36. The van der Waals surface area contributed by atoms with Crippen molar-refractivity contribution < 1.29 is 9.53 Å². The van der Waals surface area contributed by atoms with Gasteiger partial charge in [0.05, 0.1) is 13.7 Å². The molecule has 2 N–H and O–H groups in total. The number of carbonyl (C=O) groups is 1. The van der Waals surface area contributed by atoms with Gasteiger partial charge in [0, 0.05) is 12.5 Å². The van der Waals surface area contributed by atoms with Gasteiger partial charge >= 0.3 is 0 Å². The number of fused-ring (bicyclic) bond motifs is 1. The van der Waals surface area contributed by atoms with E-state index < -0.39 is 0 Å². The number of amides is 1. The number of hydrogen-bond acceptors (Lipinski definition) is 4. The Morgan fingerprint density at radius 2 is 2.27 bits per heavy atom. The fraction of sp³-hybridized carbons (Fsp3) is 0.526. The zero-order valence-electron chi connectivity index (χ0n) is 15.0. The number of H-pyrrole nitrogens is 1. The Hall–Kier alpha value is -2.15. The standard InChI is InChI=1S/C19H24N4O2S/c1-25-15-7-8-16-12(9-15)3-2-4-13(16)10-18(24)20-11-17-21-22-19(26)23(17)14-5-6-14/h7-9,13-14H,2-6,10-11H2,1H3,(H,20,24)(H,22,26)/t13-/m1/s1. The molecule has 138 valence electrons. The number of aromatic amines is 1. The van der Waals surface area contributed by atoms with Crippen LogP contribution in [-0.2, 0) is 17.8 Å². The van der Waals surface area contributed by atoms with Gasteiger partial charge < -0.3 is 10.1 Å². The van der Waals surface area contributed by atoms with Gasteiger partial charge in [-0.05, 0) is 73.5 Å². The molecule has 1 aromatic heterocycles. The molecular formula is C19H24N4O2S. The molecule has 0 aliphatic heterocycles. The van der Waals surface area contributed by atoms with Crippen molar-refractivity contribution in [3.8, 4) is 5.75 Å². The van der Waals surface area contributed by atoms with Crippen LogP contribution < -0.4 is 10.1 Å². The topological polar surface area (TPSA) is 71.9 Å². The van der Waals surface area contributed by atoms with Crippen molar-refractivity contribution in [2.45, 2.75) is 57.0 Å². The molecular weight excluding hydrogens is 348 g/mol.